The van der Waals surface area contributed by atoms with Crippen LogP contribution in [0.1, 0.15) is 26.3 Å². The smallest absolute Gasteiger partial charge is 0.337 e. The molecule has 25 heavy (non-hydrogen) atoms. The predicted octanol–water partition coefficient (Wildman–Crippen LogP) is 2.91. The van der Waals surface area contributed by atoms with Crippen LogP contribution < -0.4 is 5.32 Å². The molecule has 0 radical (unpaired) electrons. The van der Waals surface area contributed by atoms with E-state index in [4.69, 9.17) is 0 Å². The molecule has 0 unspecified atom stereocenters. The van der Waals surface area contributed by atoms with Gasteiger partial charge in [-0.1, -0.05) is 12.1 Å². The van der Waals surface area contributed by atoms with Crippen LogP contribution in [0.4, 0.5) is 5.69 Å². The number of benzene rings is 2. The van der Waals surface area contributed by atoms with Crippen LogP contribution in [-0.4, -0.2) is 32.1 Å². The number of ether oxygens (including phenoxy) is 2. The monoisotopic (exact) mass is 339 g/mol. The summed E-state index contributed by atoms with van der Waals surface area (Å²) in [7, 11) is 2.62. The molecule has 0 atom stereocenters. The highest BCUT2D eigenvalue weighted by Gasteiger charge is 2.05. The van der Waals surface area contributed by atoms with Gasteiger partial charge in [0.05, 0.1) is 25.3 Å². The van der Waals surface area contributed by atoms with E-state index in [0.717, 1.165) is 5.56 Å². The molecule has 0 aliphatic rings. The molecule has 0 aromatic heterocycles. The molecule has 2 aromatic carbocycles. The summed E-state index contributed by atoms with van der Waals surface area (Å²) >= 11 is 0. The number of hydrogen-bond donors (Lipinski definition) is 1. The van der Waals surface area contributed by atoms with Gasteiger partial charge in [0.1, 0.15) is 0 Å². The Balaban J connectivity index is 1.96. The Morgan fingerprint density at radius 1 is 0.800 bits per heavy atom. The Bertz CT molecular complexity index is 792. The van der Waals surface area contributed by atoms with Crippen LogP contribution in [0.2, 0.25) is 0 Å². The summed E-state index contributed by atoms with van der Waals surface area (Å²) in [6.45, 7) is 0. The fourth-order valence-corrected chi connectivity index (χ4v) is 2.01. The molecule has 0 saturated carbocycles. The third-order valence-electron chi connectivity index (χ3n) is 3.33. The lowest BCUT2D eigenvalue weighted by Crippen LogP contribution is -2.08. The molecule has 0 heterocycles. The van der Waals surface area contributed by atoms with E-state index in [2.05, 4.69) is 14.8 Å². The highest BCUT2D eigenvalue weighted by Crippen LogP contribution is 2.11. The lowest BCUT2D eigenvalue weighted by Gasteiger charge is -2.04. The predicted molar refractivity (Wildman–Crippen MR) is 93.2 cm³/mol. The Kier molecular flexibility index (Phi) is 6.06. The summed E-state index contributed by atoms with van der Waals surface area (Å²) in [4.78, 5) is 34.6. The quantitative estimate of drug-likeness (QED) is 0.669. The number of nitrogens with one attached hydrogen (secondary N) is 1. The van der Waals surface area contributed by atoms with Crippen molar-refractivity contribution >= 4 is 29.6 Å². The number of carbonyl (C=O) groups is 3. The maximum absolute atomic E-state index is 11.9. The van der Waals surface area contributed by atoms with Gasteiger partial charge < -0.3 is 14.8 Å². The standard InChI is InChI=1S/C19H17NO5/c1-24-18(22)14-6-3-13(4-7-14)5-12-17(21)20-16-10-8-15(9-11-16)19(23)25-2/h3-12H,1-2H3,(H,20,21)/b12-5+. The minimum atomic E-state index is -0.437. The van der Waals surface area contributed by atoms with Crippen molar-refractivity contribution in [3.05, 3.63) is 71.3 Å². The molecule has 6 nitrogen and oxygen atoms in total. The Labute approximate surface area is 145 Å². The zero-order valence-electron chi connectivity index (χ0n) is 13.8. The number of hydrogen-bond acceptors (Lipinski definition) is 5. The van der Waals surface area contributed by atoms with Gasteiger partial charge in [0.25, 0.3) is 0 Å². The van der Waals surface area contributed by atoms with Crippen molar-refractivity contribution < 1.29 is 23.9 Å². The fraction of sp³-hybridized carbons (Fsp3) is 0.105. The molecule has 0 saturated heterocycles. The highest BCUT2D eigenvalue weighted by atomic mass is 16.5. The van der Waals surface area contributed by atoms with E-state index in [1.165, 1.54) is 20.3 Å². The first-order valence-corrected chi connectivity index (χ1v) is 7.39. The van der Waals surface area contributed by atoms with Crippen LogP contribution in [0.3, 0.4) is 0 Å². The molecule has 128 valence electrons. The van der Waals surface area contributed by atoms with Crippen molar-refractivity contribution in [2.75, 3.05) is 19.5 Å². The van der Waals surface area contributed by atoms with E-state index in [-0.39, 0.29) is 5.91 Å². The molecule has 0 spiro atoms. The van der Waals surface area contributed by atoms with Crippen LogP contribution in [0.15, 0.2) is 54.6 Å². The van der Waals surface area contributed by atoms with Gasteiger partial charge in [-0.3, -0.25) is 4.79 Å². The minimum Gasteiger partial charge on any atom is -0.465 e. The van der Waals surface area contributed by atoms with Crippen LogP contribution in [0.25, 0.3) is 6.08 Å². The molecule has 1 amide bonds. The van der Waals surface area contributed by atoms with Crippen molar-refractivity contribution in [3.8, 4) is 0 Å². The first-order chi connectivity index (χ1) is 12.0. The number of carbonyl (C=O) groups excluding carboxylic acids is 3. The second-order valence-corrected chi connectivity index (χ2v) is 5.01. The summed E-state index contributed by atoms with van der Waals surface area (Å²) in [6, 6.07) is 13.0. The van der Waals surface area contributed by atoms with Crippen molar-refractivity contribution in [1.82, 2.24) is 0 Å². The van der Waals surface area contributed by atoms with Gasteiger partial charge in [0.2, 0.25) is 5.91 Å². The van der Waals surface area contributed by atoms with Gasteiger partial charge in [-0.15, -0.1) is 0 Å². The molecular weight excluding hydrogens is 322 g/mol. The highest BCUT2D eigenvalue weighted by molar-refractivity contribution is 6.02. The maximum atomic E-state index is 11.9. The Morgan fingerprint density at radius 2 is 1.28 bits per heavy atom. The number of anilines is 1. The molecule has 1 N–H and O–H groups in total. The Hall–Kier alpha value is -3.41. The topological polar surface area (TPSA) is 81.7 Å². The van der Waals surface area contributed by atoms with Gasteiger partial charge in [-0.2, -0.15) is 0 Å². The van der Waals surface area contributed by atoms with Gasteiger partial charge in [-0.05, 0) is 48.0 Å². The first kappa shape index (κ1) is 17.9. The van der Waals surface area contributed by atoms with Gasteiger partial charge in [0, 0.05) is 11.8 Å². The van der Waals surface area contributed by atoms with Crippen molar-refractivity contribution in [2.24, 2.45) is 0 Å². The third kappa shape index (κ3) is 5.04. The summed E-state index contributed by atoms with van der Waals surface area (Å²) in [6.07, 6.45) is 3.00. The normalized spacial score (nSPS) is 10.3. The molecule has 0 aliphatic carbocycles. The van der Waals surface area contributed by atoms with E-state index >= 15 is 0 Å². The second kappa shape index (κ2) is 8.44. The average molecular weight is 339 g/mol. The SMILES string of the molecule is COC(=O)c1ccc(/C=C/C(=O)Nc2ccc(C(=O)OC)cc2)cc1. The first-order valence-electron chi connectivity index (χ1n) is 7.39. The molecule has 6 heteroatoms. The van der Waals surface area contributed by atoms with Crippen LogP contribution >= 0.6 is 0 Å². The van der Waals surface area contributed by atoms with E-state index in [0.29, 0.717) is 16.8 Å². The maximum Gasteiger partial charge on any atom is 0.337 e. The number of rotatable bonds is 5. The zero-order chi connectivity index (χ0) is 18.2. The van der Waals surface area contributed by atoms with Crippen LogP contribution in [0.5, 0.6) is 0 Å². The fourth-order valence-electron chi connectivity index (χ4n) is 2.01. The summed E-state index contributed by atoms with van der Waals surface area (Å²) in [5.74, 6) is -1.17. The van der Waals surface area contributed by atoms with E-state index in [9.17, 15) is 14.4 Å². The van der Waals surface area contributed by atoms with Crippen molar-refractivity contribution in [1.29, 1.82) is 0 Å². The summed E-state index contributed by atoms with van der Waals surface area (Å²) in [5, 5.41) is 2.68. The third-order valence-corrected chi connectivity index (χ3v) is 3.33. The molecule has 0 bridgehead atoms. The molecule has 2 rings (SSSR count). The lowest BCUT2D eigenvalue weighted by molar-refractivity contribution is -0.111. The van der Waals surface area contributed by atoms with Gasteiger partial charge >= 0.3 is 11.9 Å². The molecule has 2 aromatic rings. The summed E-state index contributed by atoms with van der Waals surface area (Å²) < 4.78 is 9.23. The second-order valence-electron chi connectivity index (χ2n) is 5.01. The summed E-state index contributed by atoms with van der Waals surface area (Å²) in [5.41, 5.74) is 2.17. The molecular formula is C19H17NO5. The molecule has 0 aliphatic heterocycles. The average Bonchev–Trinajstić information content (AvgIpc) is 2.66. The van der Waals surface area contributed by atoms with Gasteiger partial charge in [0.15, 0.2) is 0 Å². The number of amides is 1. The zero-order valence-corrected chi connectivity index (χ0v) is 13.8. The van der Waals surface area contributed by atoms with E-state index in [1.807, 2.05) is 0 Å². The van der Waals surface area contributed by atoms with Crippen LogP contribution in [0, 0.1) is 0 Å². The van der Waals surface area contributed by atoms with Crippen molar-refractivity contribution in [3.63, 3.8) is 0 Å². The van der Waals surface area contributed by atoms with Crippen molar-refractivity contribution in [2.45, 2.75) is 0 Å². The number of esters is 2. The molecule has 0 fully saturated rings. The van der Waals surface area contributed by atoms with Gasteiger partial charge in [-0.25, -0.2) is 9.59 Å². The Morgan fingerprint density at radius 3 is 1.76 bits per heavy atom. The van der Waals surface area contributed by atoms with E-state index in [1.54, 1.807) is 54.6 Å². The lowest BCUT2D eigenvalue weighted by atomic mass is 10.1. The largest absolute Gasteiger partial charge is 0.465 e. The van der Waals surface area contributed by atoms with Crippen LogP contribution in [-0.2, 0) is 14.3 Å². The van der Waals surface area contributed by atoms with E-state index < -0.39 is 11.9 Å². The number of methoxy groups -OCH3 is 2. The minimum absolute atomic E-state index is 0.317.